The molecule has 2 aromatic rings. The highest BCUT2D eigenvalue weighted by Gasteiger charge is 2.46. The van der Waals surface area contributed by atoms with Crippen molar-refractivity contribution in [2.75, 3.05) is 33.8 Å². The zero-order valence-electron chi connectivity index (χ0n) is 19.1. The monoisotopic (exact) mass is 434 g/mol. The summed E-state index contributed by atoms with van der Waals surface area (Å²) in [6.45, 7) is 8.79. The first-order chi connectivity index (χ1) is 15.2. The highest BCUT2D eigenvalue weighted by atomic mass is 16.5. The third kappa shape index (κ3) is 4.75. The van der Waals surface area contributed by atoms with E-state index in [-0.39, 0.29) is 11.3 Å². The number of carbonyl (C=O) groups is 2. The summed E-state index contributed by atoms with van der Waals surface area (Å²) in [4.78, 5) is 29.5. The molecule has 1 aliphatic heterocycles. The van der Waals surface area contributed by atoms with Crippen LogP contribution < -0.4 is 4.74 Å². The number of nitrogens with zero attached hydrogens (tertiary/aromatic N) is 2. The van der Waals surface area contributed by atoms with Crippen molar-refractivity contribution < 1.29 is 19.4 Å². The van der Waals surface area contributed by atoms with Gasteiger partial charge >= 0.3 is 0 Å². The zero-order valence-corrected chi connectivity index (χ0v) is 19.1. The molecule has 1 saturated heterocycles. The number of carbonyl (C=O) groups excluding carboxylic acids is 2. The van der Waals surface area contributed by atoms with Gasteiger partial charge in [-0.1, -0.05) is 42.5 Å². The first kappa shape index (κ1) is 23.3. The van der Waals surface area contributed by atoms with Gasteiger partial charge in [-0.05, 0) is 57.3 Å². The maximum Gasteiger partial charge on any atom is 0.295 e. The Kier molecular flexibility index (Phi) is 7.15. The van der Waals surface area contributed by atoms with Gasteiger partial charge in [-0.3, -0.25) is 9.59 Å². The fourth-order valence-corrected chi connectivity index (χ4v) is 3.81. The van der Waals surface area contributed by atoms with Crippen LogP contribution in [0.15, 0.2) is 60.7 Å². The molecule has 1 unspecified atom stereocenters. The minimum absolute atomic E-state index is 0.112. The Morgan fingerprint density at radius 2 is 1.84 bits per heavy atom. The Hall–Kier alpha value is -3.38. The van der Waals surface area contributed by atoms with Crippen molar-refractivity contribution in [3.63, 3.8) is 0 Å². The summed E-state index contributed by atoms with van der Waals surface area (Å²) in [7, 11) is 3.83. The van der Waals surface area contributed by atoms with E-state index in [0.29, 0.717) is 31.0 Å². The van der Waals surface area contributed by atoms with Crippen molar-refractivity contribution in [2.24, 2.45) is 0 Å². The zero-order chi connectivity index (χ0) is 23.4. The van der Waals surface area contributed by atoms with Gasteiger partial charge in [0, 0.05) is 18.7 Å². The van der Waals surface area contributed by atoms with Crippen molar-refractivity contribution >= 4 is 17.4 Å². The summed E-state index contributed by atoms with van der Waals surface area (Å²) in [5.74, 6) is -0.796. The molecule has 0 aromatic heterocycles. The Morgan fingerprint density at radius 3 is 2.44 bits per heavy atom. The van der Waals surface area contributed by atoms with Crippen LogP contribution in [0.1, 0.15) is 28.3 Å². The largest absolute Gasteiger partial charge is 0.507 e. The van der Waals surface area contributed by atoms with Gasteiger partial charge in [-0.25, -0.2) is 0 Å². The number of benzene rings is 2. The average molecular weight is 435 g/mol. The number of amides is 1. The number of aliphatic hydroxyl groups excluding tert-OH is 1. The van der Waals surface area contributed by atoms with E-state index < -0.39 is 17.7 Å². The molecule has 0 saturated carbocycles. The van der Waals surface area contributed by atoms with Crippen LogP contribution in [0.5, 0.6) is 5.75 Å². The van der Waals surface area contributed by atoms with Crippen LogP contribution in [0, 0.1) is 13.8 Å². The number of aliphatic hydroxyl groups is 1. The molecule has 1 fully saturated rings. The summed E-state index contributed by atoms with van der Waals surface area (Å²) in [5, 5.41) is 11.3. The van der Waals surface area contributed by atoms with Gasteiger partial charge in [0.25, 0.3) is 11.7 Å². The van der Waals surface area contributed by atoms with Crippen LogP contribution in [0.2, 0.25) is 0 Å². The van der Waals surface area contributed by atoms with Crippen molar-refractivity contribution in [1.82, 2.24) is 9.80 Å². The van der Waals surface area contributed by atoms with Gasteiger partial charge in [0.15, 0.2) is 0 Å². The topological polar surface area (TPSA) is 70.1 Å². The molecule has 1 heterocycles. The highest BCUT2D eigenvalue weighted by molar-refractivity contribution is 6.46. The van der Waals surface area contributed by atoms with Crippen LogP contribution in [-0.2, 0) is 9.59 Å². The second-order valence-corrected chi connectivity index (χ2v) is 8.28. The quantitative estimate of drug-likeness (QED) is 0.296. The van der Waals surface area contributed by atoms with Crippen molar-refractivity contribution in [3.05, 3.63) is 82.9 Å². The summed E-state index contributed by atoms with van der Waals surface area (Å²) in [5.41, 5.74) is 3.22. The lowest BCUT2D eigenvalue weighted by atomic mass is 9.93. The smallest absolute Gasteiger partial charge is 0.295 e. The molecule has 0 aliphatic carbocycles. The van der Waals surface area contributed by atoms with E-state index in [2.05, 4.69) is 6.58 Å². The van der Waals surface area contributed by atoms with E-state index in [9.17, 15) is 14.7 Å². The number of rotatable bonds is 8. The Balaban J connectivity index is 2.11. The number of Topliss-reactive ketones (excluding diaryl/α,β-unsaturated/α-hetero) is 1. The van der Waals surface area contributed by atoms with Gasteiger partial charge in [0.05, 0.1) is 11.6 Å². The van der Waals surface area contributed by atoms with Gasteiger partial charge in [0.1, 0.15) is 18.1 Å². The van der Waals surface area contributed by atoms with Gasteiger partial charge in [0.2, 0.25) is 0 Å². The third-order valence-corrected chi connectivity index (χ3v) is 5.54. The summed E-state index contributed by atoms with van der Waals surface area (Å²) in [6, 6.07) is 12.3. The first-order valence-electron chi connectivity index (χ1n) is 10.6. The Morgan fingerprint density at radius 1 is 1.16 bits per heavy atom. The molecule has 6 heteroatoms. The number of ether oxygens (including phenoxy) is 1. The third-order valence-electron chi connectivity index (χ3n) is 5.54. The van der Waals surface area contributed by atoms with E-state index in [0.717, 1.165) is 16.7 Å². The van der Waals surface area contributed by atoms with Crippen LogP contribution in [0.3, 0.4) is 0 Å². The van der Waals surface area contributed by atoms with Gasteiger partial charge in [-0.2, -0.15) is 0 Å². The summed E-state index contributed by atoms with van der Waals surface area (Å²) >= 11 is 0. The molecule has 1 amide bonds. The lowest BCUT2D eigenvalue weighted by Gasteiger charge is -2.26. The van der Waals surface area contributed by atoms with Crippen LogP contribution in [0.4, 0.5) is 0 Å². The Bertz CT molecular complexity index is 1050. The van der Waals surface area contributed by atoms with E-state index >= 15 is 0 Å². The minimum atomic E-state index is -0.668. The lowest BCUT2D eigenvalue weighted by Crippen LogP contribution is -2.35. The maximum atomic E-state index is 13.1. The number of aryl methyl sites for hydroxylation is 2. The normalized spacial score (nSPS) is 17.8. The van der Waals surface area contributed by atoms with Crippen molar-refractivity contribution in [2.45, 2.75) is 19.9 Å². The second-order valence-electron chi connectivity index (χ2n) is 8.28. The number of likely N-dealkylation sites (N-methyl/N-ethyl adjacent to an activating group) is 1. The van der Waals surface area contributed by atoms with Crippen LogP contribution >= 0.6 is 0 Å². The molecule has 0 radical (unpaired) electrons. The molecule has 1 aliphatic rings. The Labute approximate surface area is 189 Å². The molecule has 32 heavy (non-hydrogen) atoms. The fraction of sp³-hybridized carbons (Fsp3) is 0.308. The van der Waals surface area contributed by atoms with Gasteiger partial charge < -0.3 is 19.6 Å². The predicted molar refractivity (Wildman–Crippen MR) is 126 cm³/mol. The fourth-order valence-electron chi connectivity index (χ4n) is 3.81. The molecular formula is C26H30N2O4. The lowest BCUT2D eigenvalue weighted by molar-refractivity contribution is -0.140. The minimum Gasteiger partial charge on any atom is -0.507 e. The molecule has 0 spiro atoms. The first-order valence-corrected chi connectivity index (χ1v) is 10.6. The number of likely N-dealkylation sites (tertiary alicyclic amines) is 1. The SMILES string of the molecule is C=CCOc1ccc(/C(O)=C2/C(=O)C(=O)N(CCN(C)C)C2c2ccc(C)cc2)c(C)c1. The number of hydrogen-bond acceptors (Lipinski definition) is 5. The summed E-state index contributed by atoms with van der Waals surface area (Å²) in [6.07, 6.45) is 1.65. The van der Waals surface area contributed by atoms with Crippen LogP contribution in [-0.4, -0.2) is 60.4 Å². The van der Waals surface area contributed by atoms with E-state index in [4.69, 9.17) is 4.74 Å². The predicted octanol–water partition coefficient (Wildman–Crippen LogP) is 3.85. The highest BCUT2D eigenvalue weighted by Crippen LogP contribution is 2.40. The average Bonchev–Trinajstić information content (AvgIpc) is 3.01. The van der Waals surface area contributed by atoms with E-state index in [1.165, 1.54) is 0 Å². The molecule has 2 aromatic carbocycles. The molecular weight excluding hydrogens is 404 g/mol. The second kappa shape index (κ2) is 9.83. The number of ketones is 1. The molecule has 0 bridgehead atoms. The molecule has 1 atom stereocenters. The molecule has 168 valence electrons. The van der Waals surface area contributed by atoms with E-state index in [1.54, 1.807) is 29.2 Å². The summed E-state index contributed by atoms with van der Waals surface area (Å²) < 4.78 is 5.56. The maximum absolute atomic E-state index is 13.1. The van der Waals surface area contributed by atoms with Crippen LogP contribution in [0.25, 0.3) is 5.76 Å². The van der Waals surface area contributed by atoms with Crippen molar-refractivity contribution in [3.8, 4) is 5.75 Å². The molecule has 1 N–H and O–H groups in total. The standard InChI is InChI=1S/C26H30N2O4/c1-6-15-32-20-11-12-21(18(3)16-20)24(29)22-23(19-9-7-17(2)8-10-19)28(14-13-27(4)5)26(31)25(22)30/h6-12,16,23,29H,1,13-15H2,2-5H3/b24-22-. The van der Waals surface area contributed by atoms with Crippen molar-refractivity contribution in [1.29, 1.82) is 0 Å². The number of hydrogen-bond donors (Lipinski definition) is 1. The van der Waals surface area contributed by atoms with Gasteiger partial charge in [-0.15, -0.1) is 0 Å². The molecule has 6 nitrogen and oxygen atoms in total. The molecule has 3 rings (SSSR count). The van der Waals surface area contributed by atoms with E-state index in [1.807, 2.05) is 57.1 Å².